The molecule has 0 amide bonds. The van der Waals surface area contributed by atoms with E-state index >= 15 is 0 Å². The van der Waals surface area contributed by atoms with Gasteiger partial charge in [0.2, 0.25) is 0 Å². The van der Waals surface area contributed by atoms with Gasteiger partial charge in [-0.3, -0.25) is 5.32 Å². The summed E-state index contributed by atoms with van der Waals surface area (Å²) in [6, 6.07) is 2.90. The second-order valence-electron chi connectivity index (χ2n) is 5.56. The van der Waals surface area contributed by atoms with Crippen molar-refractivity contribution in [2.24, 2.45) is 5.92 Å². The molecule has 0 heterocycles. The van der Waals surface area contributed by atoms with E-state index in [4.69, 9.17) is 0 Å². The maximum absolute atomic E-state index is 9.28. The predicted molar refractivity (Wildman–Crippen MR) is 71.7 cm³/mol. The molecule has 3 nitrogen and oxygen atoms in total. The van der Waals surface area contributed by atoms with Crippen LogP contribution >= 0.6 is 0 Å². The fraction of sp³-hybridized carbons (Fsp3) is 0.929. The summed E-state index contributed by atoms with van der Waals surface area (Å²) in [5, 5.41) is 12.6. The highest BCUT2D eigenvalue weighted by Crippen LogP contribution is 2.31. The topological polar surface area (TPSA) is 39.1 Å². The van der Waals surface area contributed by atoms with Gasteiger partial charge in [-0.1, -0.05) is 13.8 Å². The summed E-state index contributed by atoms with van der Waals surface area (Å²) in [7, 11) is 0. The predicted octanol–water partition coefficient (Wildman–Crippen LogP) is 2.39. The zero-order valence-electron chi connectivity index (χ0n) is 11.8. The van der Waals surface area contributed by atoms with E-state index in [2.05, 4.69) is 37.1 Å². The summed E-state index contributed by atoms with van der Waals surface area (Å²) in [6.45, 7) is 11.7. The van der Waals surface area contributed by atoms with Gasteiger partial charge in [-0.05, 0) is 52.1 Å². The SMILES string of the molecule is CCNC(C)(C#N)CC(C)N(CC)CC1CC1. The summed E-state index contributed by atoms with van der Waals surface area (Å²) in [5.41, 5.74) is -0.384. The van der Waals surface area contributed by atoms with E-state index in [-0.39, 0.29) is 5.54 Å². The molecular formula is C14H27N3. The maximum atomic E-state index is 9.28. The Morgan fingerprint density at radius 1 is 1.47 bits per heavy atom. The van der Waals surface area contributed by atoms with E-state index in [1.54, 1.807) is 0 Å². The highest BCUT2D eigenvalue weighted by Gasteiger charge is 2.30. The minimum absolute atomic E-state index is 0.384. The number of rotatable bonds is 8. The maximum Gasteiger partial charge on any atom is 0.105 e. The average molecular weight is 237 g/mol. The second-order valence-corrected chi connectivity index (χ2v) is 5.56. The largest absolute Gasteiger partial charge is 0.301 e. The van der Waals surface area contributed by atoms with Crippen molar-refractivity contribution < 1.29 is 0 Å². The van der Waals surface area contributed by atoms with Crippen LogP contribution in [0.3, 0.4) is 0 Å². The summed E-state index contributed by atoms with van der Waals surface area (Å²) in [6.07, 6.45) is 3.69. The first-order chi connectivity index (χ1) is 8.04. The van der Waals surface area contributed by atoms with Crippen molar-refractivity contribution >= 4 is 0 Å². The van der Waals surface area contributed by atoms with E-state index in [1.807, 2.05) is 6.92 Å². The third-order valence-electron chi connectivity index (χ3n) is 3.74. The van der Waals surface area contributed by atoms with E-state index in [0.29, 0.717) is 6.04 Å². The van der Waals surface area contributed by atoms with Crippen molar-refractivity contribution in [3.05, 3.63) is 0 Å². The van der Waals surface area contributed by atoms with Crippen molar-refractivity contribution in [3.63, 3.8) is 0 Å². The van der Waals surface area contributed by atoms with Crippen LogP contribution in [-0.4, -0.2) is 36.1 Å². The van der Waals surface area contributed by atoms with Crippen LogP contribution in [0.4, 0.5) is 0 Å². The smallest absolute Gasteiger partial charge is 0.105 e. The lowest BCUT2D eigenvalue weighted by Gasteiger charge is -2.33. The Bertz CT molecular complexity index is 267. The molecule has 2 atom stereocenters. The number of nitriles is 1. The van der Waals surface area contributed by atoms with Crippen LogP contribution in [0.25, 0.3) is 0 Å². The van der Waals surface area contributed by atoms with Gasteiger partial charge in [-0.15, -0.1) is 0 Å². The summed E-state index contributed by atoms with van der Waals surface area (Å²) in [4.78, 5) is 2.52. The Morgan fingerprint density at radius 3 is 2.53 bits per heavy atom. The van der Waals surface area contributed by atoms with Crippen LogP contribution < -0.4 is 5.32 Å². The standard InChI is InChI=1S/C14H27N3/c1-5-16-14(4,11-15)9-12(3)17(6-2)10-13-7-8-13/h12-13,16H,5-10H2,1-4H3. The first-order valence-corrected chi connectivity index (χ1v) is 6.95. The molecule has 1 saturated carbocycles. The quantitative estimate of drug-likeness (QED) is 0.704. The van der Waals surface area contributed by atoms with Gasteiger partial charge in [-0.25, -0.2) is 0 Å². The lowest BCUT2D eigenvalue weighted by molar-refractivity contribution is 0.178. The molecule has 0 aromatic carbocycles. The van der Waals surface area contributed by atoms with Gasteiger partial charge >= 0.3 is 0 Å². The fourth-order valence-corrected chi connectivity index (χ4v) is 2.52. The van der Waals surface area contributed by atoms with Gasteiger partial charge in [-0.2, -0.15) is 5.26 Å². The Kier molecular flexibility index (Phi) is 5.42. The van der Waals surface area contributed by atoms with Crippen LogP contribution in [0.5, 0.6) is 0 Å². The van der Waals surface area contributed by atoms with Crippen molar-refractivity contribution in [1.29, 1.82) is 5.26 Å². The van der Waals surface area contributed by atoms with Gasteiger partial charge < -0.3 is 4.90 Å². The molecule has 0 spiro atoms. The molecule has 1 fully saturated rings. The fourth-order valence-electron chi connectivity index (χ4n) is 2.52. The first-order valence-electron chi connectivity index (χ1n) is 6.95. The molecule has 1 N–H and O–H groups in total. The average Bonchev–Trinajstić information content (AvgIpc) is 3.09. The minimum atomic E-state index is -0.384. The summed E-state index contributed by atoms with van der Waals surface area (Å²) in [5.74, 6) is 0.921. The molecule has 1 aliphatic rings. The Labute approximate surface area is 106 Å². The van der Waals surface area contributed by atoms with Crippen LogP contribution in [0.2, 0.25) is 0 Å². The minimum Gasteiger partial charge on any atom is -0.301 e. The van der Waals surface area contributed by atoms with Gasteiger partial charge in [0.25, 0.3) is 0 Å². The molecule has 1 rings (SSSR count). The molecule has 17 heavy (non-hydrogen) atoms. The van der Waals surface area contributed by atoms with Crippen LogP contribution in [0.15, 0.2) is 0 Å². The monoisotopic (exact) mass is 237 g/mol. The second kappa shape index (κ2) is 6.37. The molecule has 0 bridgehead atoms. The molecule has 0 aliphatic heterocycles. The molecule has 0 aromatic rings. The zero-order chi connectivity index (χ0) is 12.9. The molecule has 0 saturated heterocycles. The highest BCUT2D eigenvalue weighted by atomic mass is 15.2. The summed E-state index contributed by atoms with van der Waals surface area (Å²) < 4.78 is 0. The van der Waals surface area contributed by atoms with Crippen LogP contribution in [0.1, 0.15) is 47.0 Å². The van der Waals surface area contributed by atoms with Crippen molar-refractivity contribution in [3.8, 4) is 6.07 Å². The van der Waals surface area contributed by atoms with Crippen molar-refractivity contribution in [2.75, 3.05) is 19.6 Å². The van der Waals surface area contributed by atoms with E-state index in [0.717, 1.165) is 25.4 Å². The van der Waals surface area contributed by atoms with Crippen molar-refractivity contribution in [2.45, 2.75) is 58.5 Å². The lowest BCUT2D eigenvalue weighted by atomic mass is 9.94. The molecule has 98 valence electrons. The summed E-state index contributed by atoms with van der Waals surface area (Å²) >= 11 is 0. The van der Waals surface area contributed by atoms with Crippen LogP contribution in [-0.2, 0) is 0 Å². The van der Waals surface area contributed by atoms with Crippen LogP contribution in [0, 0.1) is 17.2 Å². The van der Waals surface area contributed by atoms with Gasteiger partial charge in [0, 0.05) is 12.6 Å². The first kappa shape index (κ1) is 14.5. The zero-order valence-corrected chi connectivity index (χ0v) is 11.8. The van der Waals surface area contributed by atoms with Gasteiger partial charge in [0.15, 0.2) is 0 Å². The van der Waals surface area contributed by atoms with Gasteiger partial charge in [0.05, 0.1) is 6.07 Å². The van der Waals surface area contributed by atoms with Crippen molar-refractivity contribution in [1.82, 2.24) is 10.2 Å². The number of nitrogens with one attached hydrogen (secondary N) is 1. The lowest BCUT2D eigenvalue weighted by Crippen LogP contribution is -2.47. The Morgan fingerprint density at radius 2 is 2.12 bits per heavy atom. The molecule has 2 unspecified atom stereocenters. The van der Waals surface area contributed by atoms with E-state index in [1.165, 1.54) is 19.4 Å². The van der Waals surface area contributed by atoms with Gasteiger partial charge in [0.1, 0.15) is 5.54 Å². The molecule has 0 aromatic heterocycles. The van der Waals surface area contributed by atoms with E-state index < -0.39 is 0 Å². The highest BCUT2D eigenvalue weighted by molar-refractivity contribution is 5.05. The third kappa shape index (κ3) is 4.65. The Balaban J connectivity index is 2.48. The number of nitrogens with zero attached hydrogens (tertiary/aromatic N) is 2. The Hall–Kier alpha value is -0.590. The molecule has 3 heteroatoms. The number of hydrogen-bond acceptors (Lipinski definition) is 3. The number of hydrogen-bond donors (Lipinski definition) is 1. The molecule has 1 aliphatic carbocycles. The molecular weight excluding hydrogens is 210 g/mol. The molecule has 0 radical (unpaired) electrons. The van der Waals surface area contributed by atoms with E-state index in [9.17, 15) is 5.26 Å². The normalized spacial score (nSPS) is 20.9. The third-order valence-corrected chi connectivity index (χ3v) is 3.74.